The van der Waals surface area contributed by atoms with Crippen LogP contribution in [0.1, 0.15) is 12.0 Å². The second kappa shape index (κ2) is 4.64. The molecule has 0 fully saturated rings. The topological polar surface area (TPSA) is 52.0 Å². The highest BCUT2D eigenvalue weighted by Gasteiger charge is 2.24. The largest absolute Gasteiger partial charge is 0.330 e. The highest BCUT2D eigenvalue weighted by atomic mass is 14.7. The maximum absolute atomic E-state index is 5.77. The highest BCUT2D eigenvalue weighted by Crippen LogP contribution is 2.31. The van der Waals surface area contributed by atoms with Gasteiger partial charge in [-0.25, -0.2) is 0 Å². The van der Waals surface area contributed by atoms with Crippen molar-refractivity contribution in [3.8, 4) is 0 Å². The van der Waals surface area contributed by atoms with E-state index < -0.39 is 0 Å². The Hall–Kier alpha value is -1.38. The quantitative estimate of drug-likeness (QED) is 0.807. The van der Waals surface area contributed by atoms with Gasteiger partial charge in [0.25, 0.3) is 0 Å². The molecule has 0 saturated carbocycles. The molecular weight excluding hydrogens is 196 g/mol. The van der Waals surface area contributed by atoms with Crippen LogP contribution in [0.4, 0.5) is 0 Å². The fraction of sp³-hybridized carbons (Fsp3) is 0.286. The Kier molecular flexibility index (Phi) is 3.22. The minimum absolute atomic E-state index is 0.0295. The molecule has 84 valence electrons. The molecule has 1 aliphatic carbocycles. The molecule has 1 aromatic carbocycles. The van der Waals surface area contributed by atoms with E-state index in [4.69, 9.17) is 11.5 Å². The van der Waals surface area contributed by atoms with Gasteiger partial charge < -0.3 is 11.5 Å². The van der Waals surface area contributed by atoms with Crippen molar-refractivity contribution < 1.29 is 0 Å². The second-order valence-corrected chi connectivity index (χ2v) is 4.33. The molecular formula is C14H18N2. The van der Waals surface area contributed by atoms with E-state index >= 15 is 0 Å². The number of allylic oxidation sites excluding steroid dienone is 3. The van der Waals surface area contributed by atoms with Crippen molar-refractivity contribution in [1.82, 2.24) is 0 Å². The normalized spacial score (nSPS) is 18.2. The molecule has 0 aliphatic heterocycles. The molecule has 2 heteroatoms. The fourth-order valence-corrected chi connectivity index (χ4v) is 1.95. The molecule has 0 atom stereocenters. The third kappa shape index (κ3) is 2.08. The Labute approximate surface area is 96.6 Å². The van der Waals surface area contributed by atoms with Crippen LogP contribution >= 0.6 is 0 Å². The molecule has 4 N–H and O–H groups in total. The van der Waals surface area contributed by atoms with Crippen LogP contribution in [0.2, 0.25) is 0 Å². The van der Waals surface area contributed by atoms with Crippen LogP contribution in [0.15, 0.2) is 48.6 Å². The molecule has 0 bridgehead atoms. The summed E-state index contributed by atoms with van der Waals surface area (Å²) in [5, 5.41) is 0. The third-order valence-corrected chi connectivity index (χ3v) is 3.27. The van der Waals surface area contributed by atoms with Gasteiger partial charge in [-0.1, -0.05) is 48.6 Å². The van der Waals surface area contributed by atoms with E-state index in [9.17, 15) is 0 Å². The van der Waals surface area contributed by atoms with Crippen molar-refractivity contribution in [3.63, 3.8) is 0 Å². The smallest absolute Gasteiger partial charge is 0.0165 e. The monoisotopic (exact) mass is 214 g/mol. The van der Waals surface area contributed by atoms with Crippen LogP contribution in [-0.2, 0) is 0 Å². The van der Waals surface area contributed by atoms with Gasteiger partial charge in [-0.15, -0.1) is 0 Å². The molecule has 0 heterocycles. The summed E-state index contributed by atoms with van der Waals surface area (Å²) in [6.07, 6.45) is 7.46. The van der Waals surface area contributed by atoms with E-state index in [1.165, 1.54) is 11.1 Å². The number of nitrogens with two attached hydrogens (primary N) is 2. The molecule has 0 unspecified atom stereocenters. The average molecular weight is 214 g/mol. The highest BCUT2D eigenvalue weighted by molar-refractivity contribution is 5.75. The van der Waals surface area contributed by atoms with Crippen LogP contribution < -0.4 is 11.5 Å². The predicted octanol–water partition coefficient (Wildman–Crippen LogP) is 1.93. The molecule has 16 heavy (non-hydrogen) atoms. The van der Waals surface area contributed by atoms with Crippen molar-refractivity contribution in [1.29, 1.82) is 0 Å². The molecule has 2 rings (SSSR count). The first-order valence-corrected chi connectivity index (χ1v) is 5.65. The standard InChI is InChI=1S/C14H18N2/c15-10-14(11-16)8-6-13(7-9-14)12-4-2-1-3-5-12/h1-8H,9-11,15-16H2. The van der Waals surface area contributed by atoms with Gasteiger partial charge in [-0.05, 0) is 17.6 Å². The molecule has 1 aromatic rings. The summed E-state index contributed by atoms with van der Waals surface area (Å²) in [7, 11) is 0. The number of rotatable bonds is 3. The van der Waals surface area contributed by atoms with Gasteiger partial charge in [0.1, 0.15) is 0 Å². The van der Waals surface area contributed by atoms with Crippen molar-refractivity contribution in [3.05, 3.63) is 54.1 Å². The van der Waals surface area contributed by atoms with Crippen LogP contribution in [0.3, 0.4) is 0 Å². The van der Waals surface area contributed by atoms with Gasteiger partial charge in [-0.2, -0.15) is 0 Å². The number of hydrogen-bond acceptors (Lipinski definition) is 2. The molecule has 0 aromatic heterocycles. The number of benzene rings is 1. The van der Waals surface area contributed by atoms with E-state index in [2.05, 4.69) is 42.5 Å². The lowest BCUT2D eigenvalue weighted by atomic mass is 9.79. The van der Waals surface area contributed by atoms with Crippen LogP contribution in [0.25, 0.3) is 5.57 Å². The summed E-state index contributed by atoms with van der Waals surface area (Å²) < 4.78 is 0. The first kappa shape index (κ1) is 11.1. The predicted molar refractivity (Wildman–Crippen MR) is 68.7 cm³/mol. The Balaban J connectivity index is 2.20. The summed E-state index contributed by atoms with van der Waals surface area (Å²) in [5.41, 5.74) is 14.0. The summed E-state index contributed by atoms with van der Waals surface area (Å²) in [4.78, 5) is 0. The summed E-state index contributed by atoms with van der Waals surface area (Å²) in [6.45, 7) is 1.22. The zero-order valence-electron chi connectivity index (χ0n) is 9.39. The Bertz CT molecular complexity index is 400. The lowest BCUT2D eigenvalue weighted by molar-refractivity contribution is 0.409. The summed E-state index contributed by atoms with van der Waals surface area (Å²) in [6, 6.07) is 10.4. The van der Waals surface area contributed by atoms with E-state index in [1.54, 1.807) is 0 Å². The van der Waals surface area contributed by atoms with Gasteiger partial charge in [0, 0.05) is 18.5 Å². The van der Waals surface area contributed by atoms with Crippen LogP contribution in [0, 0.1) is 5.41 Å². The molecule has 0 amide bonds. The molecule has 0 radical (unpaired) electrons. The minimum atomic E-state index is -0.0295. The Morgan fingerprint density at radius 3 is 2.25 bits per heavy atom. The molecule has 1 aliphatic rings. The maximum Gasteiger partial charge on any atom is 0.0165 e. The zero-order chi connectivity index (χ0) is 11.4. The van der Waals surface area contributed by atoms with Crippen molar-refractivity contribution in [2.24, 2.45) is 16.9 Å². The minimum Gasteiger partial charge on any atom is -0.330 e. The van der Waals surface area contributed by atoms with Gasteiger partial charge >= 0.3 is 0 Å². The molecule has 2 nitrogen and oxygen atoms in total. The van der Waals surface area contributed by atoms with Gasteiger partial charge in [-0.3, -0.25) is 0 Å². The van der Waals surface area contributed by atoms with E-state index in [0.717, 1.165) is 6.42 Å². The Morgan fingerprint density at radius 2 is 1.75 bits per heavy atom. The maximum atomic E-state index is 5.77. The van der Waals surface area contributed by atoms with Gasteiger partial charge in [0.15, 0.2) is 0 Å². The number of hydrogen-bond donors (Lipinski definition) is 2. The van der Waals surface area contributed by atoms with Crippen LogP contribution in [0.5, 0.6) is 0 Å². The first-order valence-electron chi connectivity index (χ1n) is 5.65. The lowest BCUT2D eigenvalue weighted by Gasteiger charge is -2.29. The second-order valence-electron chi connectivity index (χ2n) is 4.33. The molecule has 0 saturated heterocycles. The molecule has 0 spiro atoms. The van der Waals surface area contributed by atoms with Gasteiger partial charge in [0.2, 0.25) is 0 Å². The Morgan fingerprint density at radius 1 is 1.06 bits per heavy atom. The summed E-state index contributed by atoms with van der Waals surface area (Å²) in [5.74, 6) is 0. The van der Waals surface area contributed by atoms with E-state index in [0.29, 0.717) is 13.1 Å². The lowest BCUT2D eigenvalue weighted by Crippen LogP contribution is -2.36. The van der Waals surface area contributed by atoms with Crippen LogP contribution in [-0.4, -0.2) is 13.1 Å². The third-order valence-electron chi connectivity index (χ3n) is 3.27. The zero-order valence-corrected chi connectivity index (χ0v) is 9.39. The van der Waals surface area contributed by atoms with E-state index in [-0.39, 0.29) is 5.41 Å². The van der Waals surface area contributed by atoms with Gasteiger partial charge in [0.05, 0.1) is 0 Å². The van der Waals surface area contributed by atoms with Crippen molar-refractivity contribution in [2.75, 3.05) is 13.1 Å². The van der Waals surface area contributed by atoms with Crippen molar-refractivity contribution in [2.45, 2.75) is 6.42 Å². The average Bonchev–Trinajstić information content (AvgIpc) is 2.40. The first-order chi connectivity index (χ1) is 7.79. The van der Waals surface area contributed by atoms with E-state index in [1.807, 2.05) is 6.07 Å². The summed E-state index contributed by atoms with van der Waals surface area (Å²) >= 11 is 0. The SMILES string of the molecule is NCC1(CN)C=CC(c2ccccc2)=CC1. The fourth-order valence-electron chi connectivity index (χ4n) is 1.95. The van der Waals surface area contributed by atoms with Crippen molar-refractivity contribution >= 4 is 5.57 Å².